The zero-order valence-electron chi connectivity index (χ0n) is 21.0. The standard InChI is InChI=1S/C27H36F6O4/c1-15(6-11-23(36)25(37,26(28,29)30)27(31,32)33)20-9-10-21-17(5-4-12-24(20,21)3)7-8-18-13-19(34)14-22(35)16(18)2/h6-8,11,15,19-23,34-37H,2,4-5,9-10,12-14H2,1,3H3/b11-6+,17-7+,18-8-/t15-,19+,20+,21-,22-,23+,24+/m0/s1. The van der Waals surface area contributed by atoms with Crippen LogP contribution in [-0.4, -0.2) is 56.7 Å². The SMILES string of the molecule is C=C1/C(=C\C=C2/CCC[C@]3(C)[C@@H]([C@@H](C)/C=C/[C@@H](O)C(O)(C(F)(F)F)C(F)(F)F)CC[C@@H]23)C[C@@H](O)C[C@@H]1O. The molecule has 210 valence electrons. The van der Waals surface area contributed by atoms with Gasteiger partial charge in [-0.05, 0) is 72.8 Å². The summed E-state index contributed by atoms with van der Waals surface area (Å²) in [7, 11) is 0. The van der Waals surface area contributed by atoms with Crippen LogP contribution in [0.4, 0.5) is 26.3 Å². The zero-order valence-corrected chi connectivity index (χ0v) is 21.0. The molecule has 3 aliphatic carbocycles. The van der Waals surface area contributed by atoms with Crippen LogP contribution in [0.25, 0.3) is 0 Å². The van der Waals surface area contributed by atoms with Crippen LogP contribution in [-0.2, 0) is 0 Å². The van der Waals surface area contributed by atoms with E-state index in [1.54, 1.807) is 6.92 Å². The number of hydrogen-bond donors (Lipinski definition) is 4. The molecule has 0 heterocycles. The third-order valence-electron chi connectivity index (χ3n) is 8.83. The van der Waals surface area contributed by atoms with Gasteiger partial charge < -0.3 is 20.4 Å². The minimum absolute atomic E-state index is 0.0459. The van der Waals surface area contributed by atoms with Crippen molar-refractivity contribution in [1.82, 2.24) is 0 Å². The Bertz CT molecular complexity index is 936. The van der Waals surface area contributed by atoms with Crippen molar-refractivity contribution in [3.63, 3.8) is 0 Å². The third kappa shape index (κ3) is 5.58. The maximum atomic E-state index is 13.1. The van der Waals surface area contributed by atoms with Crippen molar-refractivity contribution in [2.75, 3.05) is 0 Å². The molecule has 10 heteroatoms. The first-order valence-electron chi connectivity index (χ1n) is 12.6. The Labute approximate surface area is 213 Å². The van der Waals surface area contributed by atoms with Crippen molar-refractivity contribution >= 4 is 0 Å². The number of allylic oxidation sites excluding steroid dienone is 4. The highest BCUT2D eigenvalue weighted by molar-refractivity contribution is 5.38. The second kappa shape index (κ2) is 10.5. The van der Waals surface area contributed by atoms with E-state index in [4.69, 9.17) is 0 Å². The van der Waals surface area contributed by atoms with Gasteiger partial charge in [0.1, 0.15) is 6.10 Å². The van der Waals surface area contributed by atoms with Crippen LogP contribution in [0.15, 0.2) is 47.6 Å². The van der Waals surface area contributed by atoms with Gasteiger partial charge in [0.15, 0.2) is 0 Å². The van der Waals surface area contributed by atoms with E-state index in [0.29, 0.717) is 24.5 Å². The molecule has 0 amide bonds. The summed E-state index contributed by atoms with van der Waals surface area (Å²) in [6.45, 7) is 7.72. The molecule has 37 heavy (non-hydrogen) atoms. The van der Waals surface area contributed by atoms with Gasteiger partial charge >= 0.3 is 12.4 Å². The second-order valence-electron chi connectivity index (χ2n) is 11.1. The third-order valence-corrected chi connectivity index (χ3v) is 8.83. The number of hydrogen-bond acceptors (Lipinski definition) is 4. The quantitative estimate of drug-likeness (QED) is 0.274. The molecule has 0 saturated heterocycles. The molecule has 0 aromatic rings. The number of alkyl halides is 6. The molecule has 0 radical (unpaired) electrons. The minimum atomic E-state index is -6.10. The van der Waals surface area contributed by atoms with Gasteiger partial charge in [0.05, 0.1) is 12.2 Å². The summed E-state index contributed by atoms with van der Waals surface area (Å²) >= 11 is 0. The monoisotopic (exact) mass is 538 g/mol. The molecular formula is C27H36F6O4. The molecule has 4 N–H and O–H groups in total. The van der Waals surface area contributed by atoms with Gasteiger partial charge in [0.2, 0.25) is 0 Å². The van der Waals surface area contributed by atoms with Crippen LogP contribution in [0.3, 0.4) is 0 Å². The highest BCUT2D eigenvalue weighted by atomic mass is 19.4. The number of fused-ring (bicyclic) bond motifs is 1. The summed E-state index contributed by atoms with van der Waals surface area (Å²) in [5.74, 6) is -0.315. The Morgan fingerprint density at radius 1 is 1.03 bits per heavy atom. The fourth-order valence-electron chi connectivity index (χ4n) is 6.66. The molecule has 0 spiro atoms. The smallest absolute Gasteiger partial charge is 0.393 e. The summed E-state index contributed by atoms with van der Waals surface area (Å²) in [6, 6.07) is 0. The van der Waals surface area contributed by atoms with Crippen molar-refractivity contribution < 1.29 is 46.8 Å². The molecule has 3 aliphatic rings. The first-order chi connectivity index (χ1) is 16.9. The molecule has 0 unspecified atom stereocenters. The minimum Gasteiger partial charge on any atom is -0.393 e. The summed E-state index contributed by atoms with van der Waals surface area (Å²) in [5.41, 5.74) is -2.94. The van der Waals surface area contributed by atoms with Gasteiger partial charge in [-0.2, -0.15) is 26.3 Å². The number of aliphatic hydroxyl groups is 4. The van der Waals surface area contributed by atoms with Crippen LogP contribution in [0.5, 0.6) is 0 Å². The van der Waals surface area contributed by atoms with E-state index < -0.39 is 42.2 Å². The van der Waals surface area contributed by atoms with E-state index >= 15 is 0 Å². The van der Waals surface area contributed by atoms with Crippen molar-refractivity contribution in [3.05, 3.63) is 47.6 Å². The Balaban J connectivity index is 1.79. The van der Waals surface area contributed by atoms with Crippen molar-refractivity contribution in [2.45, 2.75) is 95.1 Å². The Kier molecular flexibility index (Phi) is 8.50. The van der Waals surface area contributed by atoms with Crippen molar-refractivity contribution in [1.29, 1.82) is 0 Å². The lowest BCUT2D eigenvalue weighted by atomic mass is 9.61. The van der Waals surface area contributed by atoms with Crippen LogP contribution >= 0.6 is 0 Å². The highest BCUT2D eigenvalue weighted by Gasteiger charge is 2.73. The molecule has 0 bridgehead atoms. The summed E-state index contributed by atoms with van der Waals surface area (Å²) in [4.78, 5) is 0. The predicted molar refractivity (Wildman–Crippen MR) is 126 cm³/mol. The predicted octanol–water partition coefficient (Wildman–Crippen LogP) is 5.54. The topological polar surface area (TPSA) is 80.9 Å². The van der Waals surface area contributed by atoms with Crippen molar-refractivity contribution in [2.24, 2.45) is 23.2 Å². The number of halogens is 6. The lowest BCUT2D eigenvalue weighted by Crippen LogP contribution is -2.63. The van der Waals surface area contributed by atoms with E-state index in [9.17, 15) is 46.8 Å². The number of aliphatic hydroxyl groups excluding tert-OH is 3. The molecule has 3 rings (SSSR count). The average Bonchev–Trinajstić information content (AvgIpc) is 3.14. The largest absolute Gasteiger partial charge is 0.429 e. The average molecular weight is 539 g/mol. The van der Waals surface area contributed by atoms with Crippen molar-refractivity contribution in [3.8, 4) is 0 Å². The first-order valence-corrected chi connectivity index (χ1v) is 12.6. The number of rotatable bonds is 5. The van der Waals surface area contributed by atoms with Gasteiger partial charge in [-0.15, -0.1) is 0 Å². The van der Waals surface area contributed by atoms with Gasteiger partial charge in [0.25, 0.3) is 5.60 Å². The lowest BCUT2D eigenvalue weighted by Gasteiger charge is -2.44. The van der Waals surface area contributed by atoms with E-state index in [-0.39, 0.29) is 23.7 Å². The Hall–Kier alpha value is -1.62. The summed E-state index contributed by atoms with van der Waals surface area (Å²) in [5, 5.41) is 39.3. The summed E-state index contributed by atoms with van der Waals surface area (Å²) in [6.07, 6.45) is -6.65. The van der Waals surface area contributed by atoms with E-state index in [1.165, 1.54) is 5.57 Å². The van der Waals surface area contributed by atoms with Gasteiger partial charge in [-0.3, -0.25) is 0 Å². The van der Waals surface area contributed by atoms with Crippen LogP contribution in [0, 0.1) is 23.2 Å². The molecule has 3 fully saturated rings. The zero-order chi connectivity index (χ0) is 28.0. The molecule has 0 aromatic carbocycles. The van der Waals surface area contributed by atoms with E-state index in [2.05, 4.69) is 13.5 Å². The fourth-order valence-corrected chi connectivity index (χ4v) is 6.66. The second-order valence-corrected chi connectivity index (χ2v) is 11.1. The lowest BCUT2D eigenvalue weighted by molar-refractivity contribution is -0.385. The maximum Gasteiger partial charge on any atom is 0.429 e. The molecule has 7 atom stereocenters. The van der Waals surface area contributed by atoms with Gasteiger partial charge in [-0.1, -0.05) is 50.3 Å². The highest BCUT2D eigenvalue weighted by Crippen LogP contribution is 2.59. The van der Waals surface area contributed by atoms with Crippen LogP contribution in [0.2, 0.25) is 0 Å². The Morgan fingerprint density at radius 2 is 1.65 bits per heavy atom. The maximum absolute atomic E-state index is 13.1. The van der Waals surface area contributed by atoms with Crippen LogP contribution < -0.4 is 0 Å². The van der Waals surface area contributed by atoms with E-state index in [1.807, 2.05) is 12.2 Å². The molecule has 3 saturated carbocycles. The van der Waals surface area contributed by atoms with Gasteiger partial charge in [0, 0.05) is 6.42 Å². The van der Waals surface area contributed by atoms with E-state index in [0.717, 1.165) is 37.3 Å². The normalized spacial score (nSPS) is 35.8. The molecule has 0 aromatic heterocycles. The first kappa shape index (κ1) is 29.9. The molecule has 4 nitrogen and oxygen atoms in total. The Morgan fingerprint density at radius 3 is 2.24 bits per heavy atom. The molecule has 0 aliphatic heterocycles. The van der Waals surface area contributed by atoms with Gasteiger partial charge in [-0.25, -0.2) is 0 Å². The molecular weight excluding hydrogens is 502 g/mol. The van der Waals surface area contributed by atoms with Crippen LogP contribution in [0.1, 0.15) is 58.8 Å². The summed E-state index contributed by atoms with van der Waals surface area (Å²) < 4.78 is 78.4. The fraction of sp³-hybridized carbons (Fsp3) is 0.704.